The number of halogens is 3. The van der Waals surface area contributed by atoms with Crippen LogP contribution in [0.3, 0.4) is 0 Å². The van der Waals surface area contributed by atoms with E-state index >= 15 is 4.39 Å². The van der Waals surface area contributed by atoms with Gasteiger partial charge in [-0.05, 0) is 60.7 Å². The van der Waals surface area contributed by atoms with Gasteiger partial charge in [-0.15, -0.1) is 8.78 Å². The third kappa shape index (κ3) is 4.48. The van der Waals surface area contributed by atoms with E-state index in [1.807, 2.05) is 0 Å². The molecule has 1 aliphatic carbocycles. The number of hydrogen-bond donors (Lipinski definition) is 2. The maximum absolute atomic E-state index is 15.6. The summed E-state index contributed by atoms with van der Waals surface area (Å²) < 4.78 is 102. The zero-order valence-electron chi connectivity index (χ0n) is 26.2. The van der Waals surface area contributed by atoms with E-state index in [1.165, 1.54) is 37.3 Å². The average molecular weight is 524 g/mol. The highest BCUT2D eigenvalue weighted by Crippen LogP contribution is 2.52. The SMILES string of the molecule is [2H]C([2H])([2H])C(C)(c1cc2cc(CC(=O)C3(c4ccc5c(c4)OC(F)(F)O5)CC3)c(F)cc2n1C[C@]([2H])(O)CO)C([2H])([2H])C. The minimum atomic E-state index is -3.82. The van der Waals surface area contributed by atoms with Crippen molar-refractivity contribution in [1.82, 2.24) is 4.57 Å². The Labute approximate surface area is 221 Å². The molecule has 2 atom stereocenters. The maximum Gasteiger partial charge on any atom is 0.586 e. The number of ketones is 1. The molecule has 2 aliphatic rings. The van der Waals surface area contributed by atoms with Crippen molar-refractivity contribution in [1.29, 1.82) is 0 Å². The van der Waals surface area contributed by atoms with Crippen LogP contribution >= 0.6 is 0 Å². The summed E-state index contributed by atoms with van der Waals surface area (Å²) in [6.07, 6.45) is -8.29. The van der Waals surface area contributed by atoms with Crippen LogP contribution in [0.25, 0.3) is 10.9 Å². The number of carbonyl (C=O) groups is 1. The smallest absolute Gasteiger partial charge is 0.395 e. The maximum atomic E-state index is 15.6. The molecule has 0 spiro atoms. The van der Waals surface area contributed by atoms with Crippen molar-refractivity contribution >= 4 is 16.7 Å². The minimum Gasteiger partial charge on any atom is -0.395 e. The van der Waals surface area contributed by atoms with Crippen molar-refractivity contribution in [3.05, 3.63) is 59.0 Å². The molecule has 2 N–H and O–H groups in total. The average Bonchev–Trinajstić information content (AvgIpc) is 3.54. The summed E-state index contributed by atoms with van der Waals surface area (Å²) >= 11 is 0. The van der Waals surface area contributed by atoms with Gasteiger partial charge in [0.2, 0.25) is 0 Å². The largest absolute Gasteiger partial charge is 0.586 e. The van der Waals surface area contributed by atoms with Crippen molar-refractivity contribution < 1.29 is 45.9 Å². The van der Waals surface area contributed by atoms with Gasteiger partial charge in [0.05, 0.1) is 31.5 Å². The van der Waals surface area contributed by atoms with Gasteiger partial charge in [0.15, 0.2) is 11.5 Å². The van der Waals surface area contributed by atoms with Gasteiger partial charge in [-0.2, -0.15) is 0 Å². The Morgan fingerprint density at radius 1 is 1.27 bits per heavy atom. The number of benzene rings is 2. The van der Waals surface area contributed by atoms with Gasteiger partial charge in [0.25, 0.3) is 0 Å². The molecule has 198 valence electrons. The molecule has 5 rings (SSSR count). The van der Waals surface area contributed by atoms with Crippen LogP contribution in [0.1, 0.15) is 65.0 Å². The number of fused-ring (bicyclic) bond motifs is 2. The van der Waals surface area contributed by atoms with Gasteiger partial charge in [0.1, 0.15) is 11.6 Å². The van der Waals surface area contributed by atoms with Crippen molar-refractivity contribution in [2.24, 2.45) is 0 Å². The standard InChI is InChI=1S/C28H30F3NO5/c1-4-26(2,3)24-10-17-9-16(20(29)13-21(17)32(24)14-19(34)15-33)11-25(35)27(7-8-27)18-5-6-22-23(12-18)37-28(30,31)36-22/h5-6,9-10,12-13,19,33-34H,4,7-8,11,14-15H2,1-3H3/t19-/m0/s1/i2D3,4D2,19D/t19-,26?. The van der Waals surface area contributed by atoms with Crippen LogP contribution in [0.4, 0.5) is 13.2 Å². The fourth-order valence-electron chi connectivity index (χ4n) is 4.85. The summed E-state index contributed by atoms with van der Waals surface area (Å²) in [4.78, 5) is 13.5. The summed E-state index contributed by atoms with van der Waals surface area (Å²) in [7, 11) is 0. The topological polar surface area (TPSA) is 80.9 Å². The van der Waals surface area contributed by atoms with Gasteiger partial charge in [-0.3, -0.25) is 4.79 Å². The summed E-state index contributed by atoms with van der Waals surface area (Å²) in [5.74, 6) is -1.61. The highest BCUT2D eigenvalue weighted by Gasteiger charge is 2.52. The Balaban J connectivity index is 1.56. The Kier molecular flexibility index (Phi) is 4.52. The van der Waals surface area contributed by atoms with Crippen LogP contribution in [0.5, 0.6) is 11.5 Å². The second-order valence-electron chi connectivity index (χ2n) is 9.73. The molecule has 0 saturated heterocycles. The molecule has 1 unspecified atom stereocenters. The van der Waals surface area contributed by atoms with E-state index in [1.54, 1.807) is 0 Å². The minimum absolute atomic E-state index is 0.0281. The number of Topliss-reactive ketones (excluding diaryl/α,β-unsaturated/α-hetero) is 1. The summed E-state index contributed by atoms with van der Waals surface area (Å²) in [6.45, 7) is -2.41. The van der Waals surface area contributed by atoms with Crippen LogP contribution in [0, 0.1) is 5.82 Å². The number of ether oxygens (including phenoxy) is 2. The van der Waals surface area contributed by atoms with Crippen LogP contribution in [-0.4, -0.2) is 39.5 Å². The van der Waals surface area contributed by atoms with Crippen LogP contribution < -0.4 is 9.47 Å². The van der Waals surface area contributed by atoms with E-state index < -0.39 is 61.8 Å². The lowest BCUT2D eigenvalue weighted by Crippen LogP contribution is -2.26. The Hall–Kier alpha value is -3.04. The first-order valence-corrected chi connectivity index (χ1v) is 11.7. The molecule has 3 aromatic rings. The van der Waals surface area contributed by atoms with Gasteiger partial charge in [-0.25, -0.2) is 4.39 Å². The monoisotopic (exact) mass is 523 g/mol. The fourth-order valence-corrected chi connectivity index (χ4v) is 4.85. The van der Waals surface area contributed by atoms with E-state index in [0.717, 1.165) is 17.6 Å². The molecule has 1 aromatic heterocycles. The number of alkyl halides is 2. The lowest BCUT2D eigenvalue weighted by atomic mass is 9.86. The number of aliphatic hydroxyl groups excluding tert-OH is 1. The molecule has 1 saturated carbocycles. The Morgan fingerprint density at radius 2 is 2.00 bits per heavy atom. The molecule has 0 amide bonds. The third-order valence-corrected chi connectivity index (χ3v) is 7.19. The Bertz CT molecular complexity index is 1600. The highest BCUT2D eigenvalue weighted by atomic mass is 19.3. The molecule has 6 nitrogen and oxygen atoms in total. The summed E-state index contributed by atoms with van der Waals surface area (Å²) in [5.41, 5.74) is -3.00. The quantitative estimate of drug-likeness (QED) is 0.413. The first kappa shape index (κ1) is 19.1. The van der Waals surface area contributed by atoms with E-state index in [0.29, 0.717) is 18.4 Å². The first-order valence-electron chi connectivity index (χ1n) is 14.7. The zero-order chi connectivity index (χ0) is 32.0. The number of carbonyl (C=O) groups excluding carboxylic acids is 1. The predicted octanol–water partition coefficient (Wildman–Crippen LogP) is 4.99. The fraction of sp³-hybridized carbons (Fsp3) is 0.464. The van der Waals surface area contributed by atoms with Gasteiger partial charge in [-0.1, -0.05) is 26.8 Å². The number of hydrogen-bond acceptors (Lipinski definition) is 5. The Morgan fingerprint density at radius 3 is 2.65 bits per heavy atom. The van der Waals surface area contributed by atoms with Crippen LogP contribution in [0.15, 0.2) is 36.4 Å². The molecule has 0 radical (unpaired) electrons. The third-order valence-electron chi connectivity index (χ3n) is 7.19. The summed E-state index contributed by atoms with van der Waals surface area (Å²) in [5, 5.41) is 20.1. The molecule has 2 aromatic carbocycles. The lowest BCUT2D eigenvalue weighted by Gasteiger charge is -2.26. The van der Waals surface area contributed by atoms with Crippen molar-refractivity contribution in [3.8, 4) is 11.5 Å². The highest BCUT2D eigenvalue weighted by molar-refractivity contribution is 5.95. The second kappa shape index (κ2) is 8.77. The number of nitrogens with zero attached hydrogens (tertiary/aromatic N) is 1. The van der Waals surface area contributed by atoms with E-state index in [-0.39, 0.29) is 39.4 Å². The lowest BCUT2D eigenvalue weighted by molar-refractivity contribution is -0.286. The van der Waals surface area contributed by atoms with Crippen LogP contribution in [0.2, 0.25) is 0 Å². The van der Waals surface area contributed by atoms with E-state index in [2.05, 4.69) is 9.47 Å². The van der Waals surface area contributed by atoms with Gasteiger partial charge in [0, 0.05) is 29.8 Å². The molecule has 1 aliphatic heterocycles. The normalized spacial score (nSPS) is 23.5. The second-order valence-corrected chi connectivity index (χ2v) is 9.73. The number of rotatable bonds is 9. The van der Waals surface area contributed by atoms with Gasteiger partial charge < -0.3 is 24.3 Å². The molecule has 0 bridgehead atoms. The molecule has 9 heteroatoms. The molecule has 2 heterocycles. The van der Waals surface area contributed by atoms with Crippen LogP contribution in [-0.2, 0) is 28.6 Å². The molecule has 37 heavy (non-hydrogen) atoms. The molecular formula is C28H30F3NO5. The number of aromatic nitrogens is 1. The van der Waals surface area contributed by atoms with E-state index in [9.17, 15) is 23.8 Å². The summed E-state index contributed by atoms with van der Waals surface area (Å²) in [6, 6.07) is 7.75. The van der Waals surface area contributed by atoms with Crippen molar-refractivity contribution in [2.75, 3.05) is 6.61 Å². The zero-order valence-corrected chi connectivity index (χ0v) is 20.2. The first-order chi connectivity index (χ1) is 19.6. The predicted molar refractivity (Wildman–Crippen MR) is 131 cm³/mol. The van der Waals surface area contributed by atoms with E-state index in [4.69, 9.17) is 8.22 Å². The van der Waals surface area contributed by atoms with Crippen molar-refractivity contribution in [2.45, 2.75) is 76.1 Å². The number of aliphatic hydroxyl groups is 2. The molecule has 1 fully saturated rings. The molecular weight excluding hydrogens is 487 g/mol. The van der Waals surface area contributed by atoms with Gasteiger partial charge >= 0.3 is 6.29 Å². The van der Waals surface area contributed by atoms with Crippen molar-refractivity contribution in [3.63, 3.8) is 0 Å².